The summed E-state index contributed by atoms with van der Waals surface area (Å²) in [5.74, 6) is 0.101. The lowest BCUT2D eigenvalue weighted by Crippen LogP contribution is -2.45. The number of H-pyrrole nitrogens is 1. The van der Waals surface area contributed by atoms with Crippen LogP contribution in [0.3, 0.4) is 0 Å². The lowest BCUT2D eigenvalue weighted by Gasteiger charge is -2.49. The van der Waals surface area contributed by atoms with Gasteiger partial charge in [-0.1, -0.05) is 73.9 Å². The highest BCUT2D eigenvalue weighted by atomic mass is 16.5. The molecule has 8 N–H and O–H groups in total. The Hall–Kier alpha value is -4.32. The second kappa shape index (κ2) is 18.6. The van der Waals surface area contributed by atoms with Crippen LogP contribution in [0.5, 0.6) is 23.0 Å². The Kier molecular flexibility index (Phi) is 13.0. The normalized spacial score (nSPS) is 30.9. The van der Waals surface area contributed by atoms with Gasteiger partial charge in [-0.25, -0.2) is 0 Å². The lowest BCUT2D eigenvalue weighted by atomic mass is 9.57. The van der Waals surface area contributed by atoms with Crippen LogP contribution in [0.4, 0.5) is 0 Å². The molecule has 11 atom stereocenters. The van der Waals surface area contributed by atoms with E-state index in [1.165, 1.54) is 31.9 Å². The van der Waals surface area contributed by atoms with E-state index in [1.807, 2.05) is 37.6 Å². The second-order valence-electron chi connectivity index (χ2n) is 19.7. The minimum absolute atomic E-state index is 0.0149. The average molecular weight is 861 g/mol. The molecule has 0 amide bonds. The second-order valence-corrected chi connectivity index (χ2v) is 19.7. The van der Waals surface area contributed by atoms with Crippen LogP contribution in [-0.4, -0.2) is 74.1 Å². The Balaban J connectivity index is 1.03. The van der Waals surface area contributed by atoms with Crippen molar-refractivity contribution in [1.82, 2.24) is 10.3 Å². The summed E-state index contributed by atoms with van der Waals surface area (Å²) >= 11 is 0. The molecule has 0 bridgehead atoms. The first-order valence-corrected chi connectivity index (χ1v) is 23.7. The van der Waals surface area contributed by atoms with E-state index >= 15 is 0 Å². The van der Waals surface area contributed by atoms with E-state index in [2.05, 4.69) is 58.9 Å². The van der Waals surface area contributed by atoms with Crippen molar-refractivity contribution in [2.75, 3.05) is 14.2 Å². The first-order valence-electron chi connectivity index (χ1n) is 23.7. The third-order valence-corrected chi connectivity index (χ3v) is 16.5. The Labute approximate surface area is 372 Å². The number of aliphatic hydroxyl groups excluding tert-OH is 3. The number of allylic oxidation sites excluding steroid dienone is 1. The van der Waals surface area contributed by atoms with Crippen LogP contribution in [0.25, 0.3) is 0 Å². The molecule has 10 heteroatoms. The quantitative estimate of drug-likeness (QED) is 0.0513. The molecule has 1 aromatic heterocycles. The standard InChI is InChI=1S/C53H68N2O8/c1-54-36-14-17-37-34(24-36)12-16-39(45(59)28-53(20-7-4-8-21-53)35-9-5-3-6-10-35)48(37)40-25-32(13-18-43(40)57)33-11-15-38-44(58)27-47(63-46(38)26-33)49-41(23-31-19-22-55-29-31)52(62-2)51(61)50(60)42(49)30-56/h3,5-6,9-10,13-14,17-19,22,25,29,33-34,36-39,44-48,54-61H,4,7-8,11-12,15-16,20-21,23-24,26-28,30H2,1-2H3/t33-,34+,36+,37-,38-,39+,44+,45-,46+,47+,48-/m1/s1. The van der Waals surface area contributed by atoms with Gasteiger partial charge in [-0.05, 0) is 140 Å². The Morgan fingerprint density at radius 3 is 2.44 bits per heavy atom. The smallest absolute Gasteiger partial charge is 0.201 e. The summed E-state index contributed by atoms with van der Waals surface area (Å²) in [4.78, 5) is 3.08. The fraction of sp³-hybridized carbons (Fsp3) is 0.547. The van der Waals surface area contributed by atoms with Gasteiger partial charge in [0.1, 0.15) is 5.75 Å². The monoisotopic (exact) mass is 860 g/mol. The van der Waals surface area contributed by atoms with Gasteiger partial charge < -0.3 is 50.4 Å². The summed E-state index contributed by atoms with van der Waals surface area (Å²) < 4.78 is 12.7. The molecule has 2 heterocycles. The van der Waals surface area contributed by atoms with Gasteiger partial charge in [0.05, 0.1) is 38.1 Å². The third kappa shape index (κ3) is 8.43. The number of nitrogens with one attached hydrogen (secondary N) is 2. The van der Waals surface area contributed by atoms with Crippen LogP contribution in [-0.2, 0) is 23.2 Å². The van der Waals surface area contributed by atoms with Gasteiger partial charge in [0.2, 0.25) is 5.75 Å². The van der Waals surface area contributed by atoms with Gasteiger partial charge in [-0.3, -0.25) is 0 Å². The minimum atomic E-state index is -0.678. The van der Waals surface area contributed by atoms with Crippen LogP contribution in [0.2, 0.25) is 0 Å². The Bertz CT molecular complexity index is 2200. The maximum Gasteiger partial charge on any atom is 0.201 e. The molecule has 338 valence electrons. The van der Waals surface area contributed by atoms with Crippen LogP contribution in [0, 0.1) is 23.7 Å². The lowest BCUT2D eigenvalue weighted by molar-refractivity contribution is -0.154. The summed E-state index contributed by atoms with van der Waals surface area (Å²) in [6.45, 7) is -0.529. The molecule has 9 rings (SSSR count). The maximum absolute atomic E-state index is 12.6. The maximum atomic E-state index is 12.6. The molecule has 0 radical (unpaired) electrons. The first kappa shape index (κ1) is 43.9. The molecular formula is C53H68N2O8. The van der Waals surface area contributed by atoms with Gasteiger partial charge in [0.15, 0.2) is 11.5 Å². The average Bonchev–Trinajstić information content (AvgIpc) is 3.83. The molecule has 3 aromatic carbocycles. The van der Waals surface area contributed by atoms with Crippen LogP contribution in [0.15, 0.2) is 79.1 Å². The van der Waals surface area contributed by atoms with E-state index in [1.54, 1.807) is 0 Å². The van der Waals surface area contributed by atoms with Crippen molar-refractivity contribution < 1.29 is 40.1 Å². The summed E-state index contributed by atoms with van der Waals surface area (Å²) in [5.41, 5.74) is 5.57. The number of aromatic nitrogens is 1. The molecule has 1 aliphatic heterocycles. The summed E-state index contributed by atoms with van der Waals surface area (Å²) in [7, 11) is 3.47. The van der Waals surface area contributed by atoms with Gasteiger partial charge in [-0.2, -0.15) is 0 Å². The zero-order valence-electron chi connectivity index (χ0n) is 37.0. The molecule has 0 unspecified atom stereocenters. The van der Waals surface area contributed by atoms with E-state index in [9.17, 15) is 30.6 Å². The number of fused-ring (bicyclic) bond motifs is 2. The molecule has 1 saturated heterocycles. The van der Waals surface area contributed by atoms with Crippen LogP contribution < -0.4 is 10.1 Å². The molecule has 5 aliphatic rings. The third-order valence-electron chi connectivity index (χ3n) is 16.5. The highest BCUT2D eigenvalue weighted by molar-refractivity contribution is 5.64. The molecule has 10 nitrogen and oxygen atoms in total. The van der Waals surface area contributed by atoms with E-state index in [4.69, 9.17) is 9.47 Å². The summed E-state index contributed by atoms with van der Waals surface area (Å²) in [5, 5.41) is 72.6. The summed E-state index contributed by atoms with van der Waals surface area (Å²) in [6, 6.07) is 19.3. The predicted molar refractivity (Wildman–Crippen MR) is 243 cm³/mol. The number of phenolic OH excluding ortho intramolecular Hbond substituents is 2. The van der Waals surface area contributed by atoms with Gasteiger partial charge in [0, 0.05) is 48.3 Å². The molecule has 0 spiro atoms. The number of hydrogen-bond acceptors (Lipinski definition) is 9. The number of ether oxygens (including phenoxy) is 2. The van der Waals surface area contributed by atoms with Crippen LogP contribution in [0.1, 0.15) is 140 Å². The highest BCUT2D eigenvalue weighted by Crippen LogP contribution is 2.56. The zero-order chi connectivity index (χ0) is 43.8. The van der Waals surface area contributed by atoms with E-state index in [-0.39, 0.29) is 64.6 Å². The zero-order valence-corrected chi connectivity index (χ0v) is 37.0. The number of benzene rings is 3. The Morgan fingerprint density at radius 1 is 0.905 bits per heavy atom. The topological polar surface area (TPSA) is 168 Å². The van der Waals surface area contributed by atoms with Crippen molar-refractivity contribution in [3.8, 4) is 23.0 Å². The van der Waals surface area contributed by atoms with E-state index in [0.29, 0.717) is 35.9 Å². The van der Waals surface area contributed by atoms with Gasteiger partial charge in [0.25, 0.3) is 0 Å². The van der Waals surface area contributed by atoms with Crippen molar-refractivity contribution in [3.63, 3.8) is 0 Å². The fourth-order valence-electron chi connectivity index (χ4n) is 13.3. The molecule has 63 heavy (non-hydrogen) atoms. The summed E-state index contributed by atoms with van der Waals surface area (Å²) in [6.07, 6.45) is 18.5. The van der Waals surface area contributed by atoms with Crippen molar-refractivity contribution in [2.24, 2.45) is 23.7 Å². The van der Waals surface area contributed by atoms with Crippen molar-refractivity contribution in [1.29, 1.82) is 0 Å². The number of hydrogen-bond donors (Lipinski definition) is 8. The number of rotatable bonds is 12. The van der Waals surface area contributed by atoms with Crippen molar-refractivity contribution >= 4 is 0 Å². The molecule has 4 fully saturated rings. The molecule has 4 aliphatic carbocycles. The number of aromatic hydroxyl groups is 3. The van der Waals surface area contributed by atoms with Gasteiger partial charge in [-0.15, -0.1) is 0 Å². The number of aromatic amines is 1. The van der Waals surface area contributed by atoms with Crippen molar-refractivity contribution in [2.45, 2.75) is 144 Å². The highest BCUT2D eigenvalue weighted by Gasteiger charge is 2.48. The van der Waals surface area contributed by atoms with Crippen LogP contribution >= 0.6 is 0 Å². The molecule has 4 aromatic rings. The Morgan fingerprint density at radius 2 is 1.71 bits per heavy atom. The van der Waals surface area contributed by atoms with E-state index < -0.39 is 36.4 Å². The number of phenols is 3. The fourth-order valence-corrected chi connectivity index (χ4v) is 13.3. The first-order chi connectivity index (χ1) is 30.6. The molecule has 3 saturated carbocycles. The number of methoxy groups -OCH3 is 1. The number of likely N-dealkylation sites (N-methyl/N-ethyl adjacent to an activating group) is 1. The largest absolute Gasteiger partial charge is 0.508 e. The molecular weight excluding hydrogens is 793 g/mol. The van der Waals surface area contributed by atoms with Crippen molar-refractivity contribution in [3.05, 3.63) is 118 Å². The van der Waals surface area contributed by atoms with E-state index in [0.717, 1.165) is 68.1 Å². The SMILES string of the molecule is CN[C@H]1C=C[C@@H]2[C@@H](CC[C@@H]([C@H](O)CC3(c4ccccc4)CCCCC3)[C@@H]2c2cc([C@@H]3CC[C@H]4[C@H](C3)O[C@H](c3c(CO)c(O)c(O)c(OC)c3Cc3cc[nH]c3)C[C@@H]4O)ccc2O)C1. The number of aliphatic hydroxyl groups is 3. The minimum Gasteiger partial charge on any atom is -0.508 e. The predicted octanol–water partition coefficient (Wildman–Crippen LogP) is 8.93. The van der Waals surface area contributed by atoms with Gasteiger partial charge >= 0.3 is 0 Å².